The number of benzene rings is 1. The lowest BCUT2D eigenvalue weighted by Crippen LogP contribution is -2.04. The summed E-state index contributed by atoms with van der Waals surface area (Å²) in [4.78, 5) is 15.1. The molecule has 1 aliphatic rings. The van der Waals surface area contributed by atoms with Crippen LogP contribution in [0, 0.1) is 6.92 Å². The third-order valence-corrected chi connectivity index (χ3v) is 2.96. The van der Waals surface area contributed by atoms with Crippen LogP contribution in [-0.4, -0.2) is 27.2 Å². The first kappa shape index (κ1) is 10.8. The van der Waals surface area contributed by atoms with Gasteiger partial charge in [0.25, 0.3) is 0 Å². The highest BCUT2D eigenvalue weighted by atomic mass is 16.5. The number of rotatable bonds is 1. The predicted octanol–water partition coefficient (Wildman–Crippen LogP) is 1.95. The molecule has 92 valence electrons. The van der Waals surface area contributed by atoms with Gasteiger partial charge in [-0.1, -0.05) is 6.07 Å². The maximum atomic E-state index is 11.0. The lowest BCUT2D eigenvalue weighted by molar-refractivity contribution is 0.0691. The van der Waals surface area contributed by atoms with Gasteiger partial charge in [-0.25, -0.2) is 9.78 Å². The van der Waals surface area contributed by atoms with Crippen molar-refractivity contribution >= 4 is 5.97 Å². The fourth-order valence-corrected chi connectivity index (χ4v) is 2.09. The topological polar surface area (TPSA) is 64.3 Å². The maximum Gasteiger partial charge on any atom is 0.356 e. The van der Waals surface area contributed by atoms with Gasteiger partial charge in [-0.3, -0.25) is 0 Å². The van der Waals surface area contributed by atoms with E-state index in [0.29, 0.717) is 19.0 Å². The van der Waals surface area contributed by atoms with E-state index in [1.54, 1.807) is 6.20 Å². The van der Waals surface area contributed by atoms with E-state index in [2.05, 4.69) is 4.98 Å². The minimum atomic E-state index is -1.01. The number of aryl methyl sites for hydroxylation is 1. The summed E-state index contributed by atoms with van der Waals surface area (Å²) in [5.41, 5.74) is 2.01. The molecule has 0 unspecified atom stereocenters. The van der Waals surface area contributed by atoms with E-state index < -0.39 is 5.97 Å². The first-order valence-electron chi connectivity index (χ1n) is 5.69. The normalized spacial score (nSPS) is 13.2. The number of carboxylic acid groups (broad SMARTS) is 1. The van der Waals surface area contributed by atoms with Crippen molar-refractivity contribution in [2.45, 2.75) is 13.5 Å². The molecular formula is C13H12N2O3. The number of imidazole rings is 1. The van der Waals surface area contributed by atoms with Gasteiger partial charge in [0.1, 0.15) is 18.2 Å². The van der Waals surface area contributed by atoms with Crippen molar-refractivity contribution in [3.8, 4) is 17.1 Å². The maximum absolute atomic E-state index is 11.0. The van der Waals surface area contributed by atoms with Crippen LogP contribution in [-0.2, 0) is 6.54 Å². The zero-order chi connectivity index (χ0) is 12.7. The smallest absolute Gasteiger partial charge is 0.356 e. The summed E-state index contributed by atoms with van der Waals surface area (Å²) in [6.07, 6.45) is 1.55. The van der Waals surface area contributed by atoms with Crippen LogP contribution in [0.5, 0.6) is 5.75 Å². The quantitative estimate of drug-likeness (QED) is 0.832. The molecule has 0 saturated heterocycles. The SMILES string of the molecule is Cc1ccc2c(c1)OCCn1cc(C(=O)O)nc1-2. The molecule has 1 aromatic carbocycles. The number of aromatic nitrogens is 2. The molecule has 5 nitrogen and oxygen atoms in total. The standard InChI is InChI=1S/C13H12N2O3/c1-8-2-3-9-11(6-8)18-5-4-15-7-10(13(16)17)14-12(9)15/h2-3,6-7H,4-5H2,1H3,(H,16,17). The minimum absolute atomic E-state index is 0.0680. The van der Waals surface area contributed by atoms with Crippen molar-refractivity contribution in [1.82, 2.24) is 9.55 Å². The Kier molecular flexibility index (Phi) is 2.33. The van der Waals surface area contributed by atoms with Gasteiger partial charge in [0.15, 0.2) is 5.69 Å². The van der Waals surface area contributed by atoms with Gasteiger partial charge >= 0.3 is 5.97 Å². The molecule has 0 spiro atoms. The number of carbonyl (C=O) groups is 1. The summed E-state index contributed by atoms with van der Waals surface area (Å²) in [5.74, 6) is 0.404. The molecule has 2 aromatic rings. The van der Waals surface area contributed by atoms with Gasteiger partial charge in [0, 0.05) is 6.20 Å². The van der Waals surface area contributed by atoms with Crippen LogP contribution in [0.1, 0.15) is 16.1 Å². The van der Waals surface area contributed by atoms with Gasteiger partial charge in [-0.15, -0.1) is 0 Å². The average Bonchev–Trinajstić information content (AvgIpc) is 2.67. The average molecular weight is 244 g/mol. The molecule has 1 aromatic heterocycles. The highest BCUT2D eigenvalue weighted by Gasteiger charge is 2.20. The number of carboxylic acids is 1. The van der Waals surface area contributed by atoms with Gasteiger partial charge in [-0.2, -0.15) is 0 Å². The Hall–Kier alpha value is -2.30. The van der Waals surface area contributed by atoms with Crippen LogP contribution in [0.3, 0.4) is 0 Å². The highest BCUT2D eigenvalue weighted by Crippen LogP contribution is 2.32. The number of hydrogen-bond donors (Lipinski definition) is 1. The third kappa shape index (κ3) is 1.64. The highest BCUT2D eigenvalue weighted by molar-refractivity contribution is 5.86. The Bertz CT molecular complexity index is 631. The second-order valence-electron chi connectivity index (χ2n) is 4.30. The van der Waals surface area contributed by atoms with Crippen LogP contribution >= 0.6 is 0 Å². The van der Waals surface area contributed by atoms with Crippen molar-refractivity contribution in [2.24, 2.45) is 0 Å². The van der Waals surface area contributed by atoms with E-state index in [1.807, 2.05) is 29.7 Å². The molecule has 1 aliphatic heterocycles. The molecule has 18 heavy (non-hydrogen) atoms. The number of nitrogens with zero attached hydrogens (tertiary/aromatic N) is 2. The molecule has 0 fully saturated rings. The summed E-state index contributed by atoms with van der Waals surface area (Å²) in [7, 11) is 0. The molecule has 2 heterocycles. The first-order chi connectivity index (χ1) is 8.65. The van der Waals surface area contributed by atoms with Gasteiger partial charge in [-0.05, 0) is 24.6 Å². The van der Waals surface area contributed by atoms with Crippen LogP contribution in [0.4, 0.5) is 0 Å². The van der Waals surface area contributed by atoms with E-state index in [-0.39, 0.29) is 5.69 Å². The first-order valence-corrected chi connectivity index (χ1v) is 5.69. The molecular weight excluding hydrogens is 232 g/mol. The Morgan fingerprint density at radius 3 is 3.11 bits per heavy atom. The van der Waals surface area contributed by atoms with Crippen molar-refractivity contribution < 1.29 is 14.6 Å². The lowest BCUT2D eigenvalue weighted by atomic mass is 10.1. The molecule has 0 radical (unpaired) electrons. The zero-order valence-electron chi connectivity index (χ0n) is 9.88. The van der Waals surface area contributed by atoms with Gasteiger partial charge in [0.05, 0.1) is 12.1 Å². The Morgan fingerprint density at radius 2 is 2.33 bits per heavy atom. The Labute approximate surface area is 104 Å². The van der Waals surface area contributed by atoms with E-state index in [4.69, 9.17) is 9.84 Å². The largest absolute Gasteiger partial charge is 0.491 e. The molecule has 0 amide bonds. The molecule has 3 rings (SSSR count). The summed E-state index contributed by atoms with van der Waals surface area (Å²) >= 11 is 0. The van der Waals surface area contributed by atoms with Gasteiger partial charge in [0.2, 0.25) is 0 Å². The van der Waals surface area contributed by atoms with Crippen LogP contribution in [0.25, 0.3) is 11.4 Å². The molecule has 0 atom stereocenters. The molecule has 5 heteroatoms. The second kappa shape index (κ2) is 3.87. The van der Waals surface area contributed by atoms with Crippen molar-refractivity contribution in [2.75, 3.05) is 6.61 Å². The van der Waals surface area contributed by atoms with E-state index in [1.165, 1.54) is 0 Å². The van der Waals surface area contributed by atoms with E-state index in [9.17, 15) is 4.79 Å². The molecule has 1 N–H and O–H groups in total. The number of aromatic carboxylic acids is 1. The van der Waals surface area contributed by atoms with Crippen LogP contribution in [0.15, 0.2) is 24.4 Å². The zero-order valence-corrected chi connectivity index (χ0v) is 9.88. The number of ether oxygens (including phenoxy) is 1. The van der Waals surface area contributed by atoms with Crippen LogP contribution < -0.4 is 4.74 Å². The lowest BCUT2D eigenvalue weighted by Gasteiger charge is -2.06. The number of hydrogen-bond acceptors (Lipinski definition) is 3. The van der Waals surface area contributed by atoms with E-state index >= 15 is 0 Å². The number of fused-ring (bicyclic) bond motifs is 3. The van der Waals surface area contributed by atoms with Gasteiger partial charge < -0.3 is 14.4 Å². The fraction of sp³-hybridized carbons (Fsp3) is 0.231. The summed E-state index contributed by atoms with van der Waals surface area (Å²) < 4.78 is 7.49. The molecule has 0 bridgehead atoms. The summed E-state index contributed by atoms with van der Waals surface area (Å²) in [5, 5.41) is 8.99. The van der Waals surface area contributed by atoms with Crippen molar-refractivity contribution in [3.05, 3.63) is 35.7 Å². The van der Waals surface area contributed by atoms with Crippen molar-refractivity contribution in [1.29, 1.82) is 0 Å². The molecule has 0 aliphatic carbocycles. The summed E-state index contributed by atoms with van der Waals surface area (Å²) in [6, 6.07) is 5.83. The monoisotopic (exact) mass is 244 g/mol. The second-order valence-corrected chi connectivity index (χ2v) is 4.30. The van der Waals surface area contributed by atoms with Crippen molar-refractivity contribution in [3.63, 3.8) is 0 Å². The third-order valence-electron chi connectivity index (χ3n) is 2.96. The minimum Gasteiger partial charge on any atom is -0.491 e. The fourth-order valence-electron chi connectivity index (χ4n) is 2.09. The predicted molar refractivity (Wildman–Crippen MR) is 64.9 cm³/mol. The molecule has 0 saturated carbocycles. The summed E-state index contributed by atoms with van der Waals surface area (Å²) in [6.45, 7) is 3.10. The Balaban J connectivity index is 2.20. The Morgan fingerprint density at radius 1 is 1.50 bits per heavy atom. The van der Waals surface area contributed by atoms with Crippen LogP contribution in [0.2, 0.25) is 0 Å². The van der Waals surface area contributed by atoms with E-state index in [0.717, 1.165) is 16.9 Å².